The van der Waals surface area contributed by atoms with Crippen LogP contribution in [0.5, 0.6) is 0 Å². The van der Waals surface area contributed by atoms with Gasteiger partial charge in [-0.15, -0.1) is 0 Å². The van der Waals surface area contributed by atoms with Gasteiger partial charge in [-0.05, 0) is 72.2 Å². The largest absolute Gasteiger partial charge is 0.460 e. The predicted octanol–water partition coefficient (Wildman–Crippen LogP) is 3.13. The second-order valence-electron chi connectivity index (χ2n) is 10.8. The molecule has 1 unspecified atom stereocenters. The van der Waals surface area contributed by atoms with Crippen LogP contribution in [0.2, 0.25) is 0 Å². The Kier molecular flexibility index (Phi) is 9.77. The van der Waals surface area contributed by atoms with Gasteiger partial charge in [-0.2, -0.15) is 5.26 Å². The van der Waals surface area contributed by atoms with Crippen molar-refractivity contribution in [3.05, 3.63) is 47.4 Å². The highest BCUT2D eigenvalue weighted by Crippen LogP contribution is 2.18. The average Bonchev–Trinajstić information content (AvgIpc) is 2.80. The first-order valence-electron chi connectivity index (χ1n) is 12.2. The van der Waals surface area contributed by atoms with E-state index in [1.165, 1.54) is 6.20 Å². The second kappa shape index (κ2) is 12.4. The maximum atomic E-state index is 13.0. The first-order valence-corrected chi connectivity index (χ1v) is 12.2. The van der Waals surface area contributed by atoms with E-state index in [4.69, 9.17) is 20.5 Å². The first-order chi connectivity index (χ1) is 17.6. The van der Waals surface area contributed by atoms with Gasteiger partial charge in [0.1, 0.15) is 23.3 Å². The molecule has 1 heterocycles. The lowest BCUT2D eigenvalue weighted by atomic mass is 10.1. The Balaban J connectivity index is 2.10. The number of rotatable bonds is 9. The molecule has 0 aliphatic carbocycles. The van der Waals surface area contributed by atoms with Crippen molar-refractivity contribution < 1.29 is 23.9 Å². The molecule has 0 saturated heterocycles. The summed E-state index contributed by atoms with van der Waals surface area (Å²) < 4.78 is 10.8. The highest BCUT2D eigenvalue weighted by Gasteiger charge is 2.28. The van der Waals surface area contributed by atoms with Crippen LogP contribution in [0.15, 0.2) is 30.5 Å². The molecule has 11 heteroatoms. The van der Waals surface area contributed by atoms with Gasteiger partial charge in [-0.25, -0.2) is 14.8 Å². The van der Waals surface area contributed by atoms with Gasteiger partial charge in [0, 0.05) is 24.7 Å². The lowest BCUT2D eigenvalue weighted by Crippen LogP contribution is -2.44. The molecule has 0 aliphatic heterocycles. The zero-order chi connectivity index (χ0) is 28.7. The van der Waals surface area contributed by atoms with E-state index in [1.54, 1.807) is 65.8 Å². The van der Waals surface area contributed by atoms with Gasteiger partial charge in [0.25, 0.3) is 5.91 Å². The number of carbonyl (C=O) groups excluding carboxylic acids is 3. The number of nitriles is 1. The number of hydrogen-bond donors (Lipinski definition) is 2. The summed E-state index contributed by atoms with van der Waals surface area (Å²) in [5, 5.41) is 11.8. The molecule has 204 valence electrons. The van der Waals surface area contributed by atoms with E-state index in [1.807, 2.05) is 18.0 Å². The van der Waals surface area contributed by atoms with Gasteiger partial charge >= 0.3 is 11.9 Å². The number of nitrogens with one attached hydrogen (secondary N) is 1. The fourth-order valence-electron chi connectivity index (χ4n) is 3.31. The zero-order valence-corrected chi connectivity index (χ0v) is 23.0. The van der Waals surface area contributed by atoms with Crippen LogP contribution in [0.1, 0.15) is 76.1 Å². The van der Waals surface area contributed by atoms with E-state index in [9.17, 15) is 14.4 Å². The van der Waals surface area contributed by atoms with Crippen molar-refractivity contribution in [1.29, 1.82) is 5.26 Å². The number of anilines is 2. The van der Waals surface area contributed by atoms with Crippen molar-refractivity contribution in [2.45, 2.75) is 78.2 Å². The standard InChI is InChI=1S/C27H36N6O5/c1-26(2,3)37-22(34)13-12-20(25(36)38-27(4,5)6)32-24(35)17-8-10-19(11-9-17)33(7)16-18-15-30-23(29)21(14-28)31-18/h8-11,15,20H,12-13,16H2,1-7H3,(H2,29,30)(H,32,35). The summed E-state index contributed by atoms with van der Waals surface area (Å²) in [5.74, 6) is -1.51. The summed E-state index contributed by atoms with van der Waals surface area (Å²) in [5.41, 5.74) is 5.94. The SMILES string of the molecule is CN(Cc1cnc(N)c(C#N)n1)c1ccc(C(=O)NC(CCC(=O)OC(C)(C)C)C(=O)OC(C)(C)C)cc1. The van der Waals surface area contributed by atoms with E-state index in [0.29, 0.717) is 17.8 Å². The van der Waals surface area contributed by atoms with Gasteiger partial charge in [0.2, 0.25) is 0 Å². The Hall–Kier alpha value is -4.20. The summed E-state index contributed by atoms with van der Waals surface area (Å²) in [6, 6.07) is 7.61. The number of carbonyl (C=O) groups is 3. The lowest BCUT2D eigenvalue weighted by Gasteiger charge is -2.25. The highest BCUT2D eigenvalue weighted by molar-refractivity contribution is 5.97. The topological polar surface area (TPSA) is 161 Å². The Morgan fingerprint density at radius 2 is 1.68 bits per heavy atom. The first kappa shape index (κ1) is 30.0. The van der Waals surface area contributed by atoms with Crippen molar-refractivity contribution >= 4 is 29.4 Å². The molecule has 11 nitrogen and oxygen atoms in total. The Morgan fingerprint density at radius 3 is 2.24 bits per heavy atom. The summed E-state index contributed by atoms with van der Waals surface area (Å²) in [7, 11) is 1.83. The summed E-state index contributed by atoms with van der Waals surface area (Å²) >= 11 is 0. The van der Waals surface area contributed by atoms with Crippen molar-refractivity contribution in [1.82, 2.24) is 15.3 Å². The summed E-state index contributed by atoms with van der Waals surface area (Å²) in [4.78, 5) is 48.0. The zero-order valence-electron chi connectivity index (χ0n) is 23.0. The van der Waals surface area contributed by atoms with E-state index >= 15 is 0 Å². The molecule has 3 N–H and O–H groups in total. The number of aromatic nitrogens is 2. The molecule has 0 fully saturated rings. The monoisotopic (exact) mass is 524 g/mol. The minimum atomic E-state index is -1.03. The number of amides is 1. The molecule has 0 saturated carbocycles. The van der Waals surface area contributed by atoms with Crippen molar-refractivity contribution in [3.63, 3.8) is 0 Å². The van der Waals surface area contributed by atoms with Gasteiger partial charge in [-0.1, -0.05) is 0 Å². The fraction of sp³-hybridized carbons (Fsp3) is 0.481. The molecule has 1 amide bonds. The van der Waals surface area contributed by atoms with Crippen molar-refractivity contribution in [2.24, 2.45) is 0 Å². The maximum absolute atomic E-state index is 13.0. The number of ether oxygens (including phenoxy) is 2. The molecule has 0 radical (unpaired) electrons. The van der Waals surface area contributed by atoms with E-state index in [-0.39, 0.29) is 24.4 Å². The van der Waals surface area contributed by atoms with Crippen molar-refractivity contribution in [3.8, 4) is 6.07 Å². The Bertz CT molecular complexity index is 1190. The number of hydrogen-bond acceptors (Lipinski definition) is 10. The smallest absolute Gasteiger partial charge is 0.329 e. The van der Waals surface area contributed by atoms with Crippen LogP contribution in [0.25, 0.3) is 0 Å². The van der Waals surface area contributed by atoms with Crippen LogP contribution < -0.4 is 16.0 Å². The quantitative estimate of drug-likeness (QED) is 0.466. The molecule has 1 atom stereocenters. The predicted molar refractivity (Wildman–Crippen MR) is 142 cm³/mol. The van der Waals surface area contributed by atoms with E-state index in [0.717, 1.165) is 5.69 Å². The van der Waals surface area contributed by atoms with Crippen LogP contribution in [0, 0.1) is 11.3 Å². The molecule has 0 aliphatic rings. The van der Waals surface area contributed by atoms with Crippen molar-refractivity contribution in [2.75, 3.05) is 17.7 Å². The number of nitrogens with two attached hydrogens (primary N) is 1. The van der Waals surface area contributed by atoms with E-state index in [2.05, 4.69) is 15.3 Å². The second-order valence-corrected chi connectivity index (χ2v) is 10.8. The number of benzene rings is 1. The molecule has 0 spiro atoms. The van der Waals surface area contributed by atoms with Gasteiger partial charge in [0.05, 0.1) is 18.4 Å². The van der Waals surface area contributed by atoms with Gasteiger partial charge in [-0.3, -0.25) is 9.59 Å². The van der Waals surface area contributed by atoms with Crippen LogP contribution in [0.3, 0.4) is 0 Å². The molecule has 2 rings (SSSR count). The normalized spacial score (nSPS) is 12.2. The highest BCUT2D eigenvalue weighted by atomic mass is 16.6. The third-order valence-corrected chi connectivity index (χ3v) is 4.98. The Morgan fingerprint density at radius 1 is 1.08 bits per heavy atom. The molecular weight excluding hydrogens is 488 g/mol. The molecule has 38 heavy (non-hydrogen) atoms. The third-order valence-electron chi connectivity index (χ3n) is 4.98. The minimum absolute atomic E-state index is 0.0314. The maximum Gasteiger partial charge on any atom is 0.329 e. The van der Waals surface area contributed by atoms with E-state index < -0.39 is 35.1 Å². The summed E-state index contributed by atoms with van der Waals surface area (Å²) in [6.07, 6.45) is 1.47. The van der Waals surface area contributed by atoms with Crippen LogP contribution in [0.4, 0.5) is 11.5 Å². The van der Waals surface area contributed by atoms with Crippen LogP contribution >= 0.6 is 0 Å². The Labute approximate surface area is 223 Å². The van der Waals surface area contributed by atoms with Gasteiger partial charge < -0.3 is 25.4 Å². The van der Waals surface area contributed by atoms with Crippen LogP contribution in [-0.2, 0) is 25.6 Å². The average molecular weight is 525 g/mol. The number of nitrogen functional groups attached to an aromatic ring is 1. The molecule has 1 aromatic carbocycles. The molecule has 1 aromatic heterocycles. The molecular formula is C27H36N6O5. The van der Waals surface area contributed by atoms with Crippen LogP contribution in [-0.4, -0.2) is 52.1 Å². The number of esters is 2. The molecule has 0 bridgehead atoms. The fourth-order valence-corrected chi connectivity index (χ4v) is 3.31. The lowest BCUT2D eigenvalue weighted by molar-refractivity contribution is -0.158. The van der Waals surface area contributed by atoms with Gasteiger partial charge in [0.15, 0.2) is 11.5 Å². The minimum Gasteiger partial charge on any atom is -0.460 e. The summed E-state index contributed by atoms with van der Waals surface area (Å²) in [6.45, 7) is 10.8. The number of nitrogens with zero attached hydrogens (tertiary/aromatic N) is 4. The molecule has 2 aromatic rings. The third kappa shape index (κ3) is 9.69.